The van der Waals surface area contributed by atoms with Gasteiger partial charge in [0.15, 0.2) is 17.1 Å². The lowest BCUT2D eigenvalue weighted by Crippen LogP contribution is -2.57. The molecular weight excluding hydrogens is 536 g/mol. The molecule has 1 aromatic carbocycles. The lowest BCUT2D eigenvalue weighted by molar-refractivity contribution is -0.144. The Kier molecular flexibility index (Phi) is 6.70. The van der Waals surface area contributed by atoms with Gasteiger partial charge in [0.05, 0.1) is 11.3 Å². The van der Waals surface area contributed by atoms with Crippen molar-refractivity contribution in [1.82, 2.24) is 5.32 Å². The normalized spacial score (nSPS) is 25.1. The molecule has 5 rings (SSSR count). The second kappa shape index (κ2) is 9.93. The van der Waals surface area contributed by atoms with Crippen LogP contribution in [0.1, 0.15) is 41.6 Å². The van der Waals surface area contributed by atoms with Gasteiger partial charge in [0.2, 0.25) is 5.78 Å². The van der Waals surface area contributed by atoms with Crippen LogP contribution < -0.4 is 21.7 Å². The highest BCUT2D eigenvalue weighted by Crippen LogP contribution is 2.53. The summed E-state index contributed by atoms with van der Waals surface area (Å²) in [7, 11) is 1.56. The summed E-state index contributed by atoms with van der Waals surface area (Å²) >= 11 is 0. The molecule has 0 saturated heterocycles. The molecule has 0 fully saturated rings. The number of aromatic hydroxyl groups is 1. The minimum absolute atomic E-state index is 0.0115. The van der Waals surface area contributed by atoms with Gasteiger partial charge in [-0.25, -0.2) is 4.79 Å². The number of allylic oxidation sites excluding steroid dienone is 5. The molecule has 0 heterocycles. The summed E-state index contributed by atoms with van der Waals surface area (Å²) in [5, 5.41) is 51.4. The average Bonchev–Trinajstić information content (AvgIpc) is 2.92. The lowest BCUT2D eigenvalue weighted by atomic mass is 9.60. The van der Waals surface area contributed by atoms with Gasteiger partial charge in [0.1, 0.15) is 17.1 Å². The molecule has 3 atom stereocenters. The van der Waals surface area contributed by atoms with Crippen LogP contribution >= 0.6 is 0 Å². The number of nitrogens with two attached hydrogens (primary N) is 1. The molecule has 4 aliphatic carbocycles. The number of hydrogen-bond acceptors (Lipinski definition) is 10. The molecule has 41 heavy (non-hydrogen) atoms. The van der Waals surface area contributed by atoms with Crippen molar-refractivity contribution in [3.63, 3.8) is 0 Å². The third-order valence-electron chi connectivity index (χ3n) is 8.11. The van der Waals surface area contributed by atoms with Gasteiger partial charge in [0.25, 0.3) is 11.8 Å². The van der Waals surface area contributed by atoms with E-state index in [1.165, 1.54) is 6.07 Å². The van der Waals surface area contributed by atoms with Crippen LogP contribution in [0.5, 0.6) is 5.75 Å². The zero-order valence-corrected chi connectivity index (χ0v) is 21.9. The minimum Gasteiger partial charge on any atom is -0.511 e. The fourth-order valence-electron chi connectivity index (χ4n) is 6.13. The Morgan fingerprint density at radius 3 is 2.46 bits per heavy atom. The van der Waals surface area contributed by atoms with Crippen molar-refractivity contribution in [2.75, 3.05) is 17.7 Å². The summed E-state index contributed by atoms with van der Waals surface area (Å²) in [6, 6.07) is 0.429. The number of Topliss-reactive ketones (excluding diaryl/α,β-unsaturated/α-hetero) is 2. The highest BCUT2D eigenvalue weighted by Gasteiger charge is 2.59. The van der Waals surface area contributed by atoms with Crippen molar-refractivity contribution in [3.8, 4) is 5.75 Å². The number of carbonyl (C=O) groups is 5. The Labute approximate surface area is 233 Å². The van der Waals surface area contributed by atoms with E-state index < -0.39 is 69.7 Å². The molecule has 4 aliphatic rings. The third-order valence-corrected chi connectivity index (χ3v) is 8.11. The summed E-state index contributed by atoms with van der Waals surface area (Å²) in [5.41, 5.74) is 1.97. The molecule has 0 unspecified atom stereocenters. The van der Waals surface area contributed by atoms with Gasteiger partial charge in [0, 0.05) is 36.2 Å². The molecule has 0 aromatic heterocycles. The quantitative estimate of drug-likeness (QED) is 0.149. The third kappa shape index (κ3) is 4.25. The number of anilines is 2. The number of phenolic OH excluding ortho intramolecular Hbond substituents is 1. The van der Waals surface area contributed by atoms with Crippen molar-refractivity contribution in [2.45, 2.75) is 37.7 Å². The van der Waals surface area contributed by atoms with Crippen LogP contribution in [0, 0.1) is 11.8 Å². The number of aliphatic hydroxyl groups is 3. The SMILES string of the molecule is CNc1cc(NC(=O)NC(=O)C2=CC=CCC2)c(O)c2c1C[C@H]1C[C@H]3CC(O)=C(C(N)=O)C(=O)[C@@]3(O)C(O)=C1C2=O. The Bertz CT molecular complexity index is 1570. The predicted molar refractivity (Wildman–Crippen MR) is 144 cm³/mol. The summed E-state index contributed by atoms with van der Waals surface area (Å²) in [6.07, 6.45) is 6.00. The molecule has 0 saturated carbocycles. The second-order valence-electron chi connectivity index (χ2n) is 10.4. The van der Waals surface area contributed by atoms with Crippen molar-refractivity contribution >= 4 is 40.8 Å². The zero-order chi connectivity index (χ0) is 29.8. The molecule has 9 N–H and O–H groups in total. The number of urea groups is 1. The topological polar surface area (TPSA) is 228 Å². The van der Waals surface area contributed by atoms with Gasteiger partial charge in [-0.15, -0.1) is 0 Å². The van der Waals surface area contributed by atoms with E-state index in [-0.39, 0.29) is 36.1 Å². The number of rotatable bonds is 4. The van der Waals surface area contributed by atoms with Crippen LogP contribution in [0.4, 0.5) is 16.2 Å². The standard InChI is InChI=1S/C28H28N4O9/c1-30-15-10-16(31-27(40)32-26(39)11-5-3-2-4-6-11)21(34)19-14(15)8-12-7-13-9-17(33)20(25(29)38)24(37)28(13,41)23(36)18(12)22(19)35/h2-3,5,10,12-13,30,33-34,36,41H,4,6-9H2,1H3,(H2,29,38)(H2,31,32,39,40)/t12-,13+,28+/m1/s1. The van der Waals surface area contributed by atoms with Crippen molar-refractivity contribution in [3.05, 3.63) is 63.7 Å². The van der Waals surface area contributed by atoms with Crippen LogP contribution in [0.2, 0.25) is 0 Å². The number of nitrogens with one attached hydrogen (secondary N) is 3. The van der Waals surface area contributed by atoms with Gasteiger partial charge in [-0.1, -0.05) is 18.2 Å². The van der Waals surface area contributed by atoms with Crippen LogP contribution in [0.25, 0.3) is 0 Å². The molecule has 214 valence electrons. The Hall–Kier alpha value is -4.91. The molecular formula is C28H28N4O9. The molecule has 13 nitrogen and oxygen atoms in total. The second-order valence-corrected chi connectivity index (χ2v) is 10.4. The lowest BCUT2D eigenvalue weighted by Gasteiger charge is -2.45. The maximum Gasteiger partial charge on any atom is 0.326 e. The number of phenols is 1. The average molecular weight is 565 g/mol. The largest absolute Gasteiger partial charge is 0.511 e. The number of aliphatic hydroxyl groups excluding tert-OH is 2. The number of hydrogen-bond donors (Lipinski definition) is 8. The van der Waals surface area contributed by atoms with Crippen LogP contribution in [0.15, 0.2) is 52.5 Å². The maximum atomic E-state index is 13.8. The van der Waals surface area contributed by atoms with E-state index in [1.807, 2.05) is 6.08 Å². The first-order valence-corrected chi connectivity index (χ1v) is 12.9. The zero-order valence-electron chi connectivity index (χ0n) is 21.9. The first-order chi connectivity index (χ1) is 19.4. The smallest absolute Gasteiger partial charge is 0.326 e. The Morgan fingerprint density at radius 1 is 1.10 bits per heavy atom. The number of carbonyl (C=O) groups excluding carboxylic acids is 5. The van der Waals surface area contributed by atoms with Crippen molar-refractivity contribution in [2.24, 2.45) is 17.6 Å². The summed E-state index contributed by atoms with van der Waals surface area (Å²) in [5.74, 6) is -8.12. The van der Waals surface area contributed by atoms with Gasteiger partial charge in [-0.05, 0) is 43.2 Å². The number of benzene rings is 1. The summed E-state index contributed by atoms with van der Waals surface area (Å²) in [6.45, 7) is 0. The molecule has 1 aromatic rings. The van der Waals surface area contributed by atoms with Gasteiger partial charge < -0.3 is 36.8 Å². The van der Waals surface area contributed by atoms with Crippen molar-refractivity contribution in [1.29, 1.82) is 0 Å². The Balaban J connectivity index is 1.52. The van der Waals surface area contributed by atoms with E-state index in [2.05, 4.69) is 16.0 Å². The molecule has 4 amide bonds. The summed E-state index contributed by atoms with van der Waals surface area (Å²) in [4.78, 5) is 63.7. The first kappa shape index (κ1) is 27.6. The fraction of sp³-hybridized carbons (Fsp3) is 0.321. The first-order valence-electron chi connectivity index (χ1n) is 12.9. The molecule has 0 spiro atoms. The van der Waals surface area contributed by atoms with Gasteiger partial charge in [-0.3, -0.25) is 24.5 Å². The highest BCUT2D eigenvalue weighted by atomic mass is 16.3. The highest BCUT2D eigenvalue weighted by molar-refractivity contribution is 6.24. The van der Waals surface area contributed by atoms with E-state index in [0.29, 0.717) is 29.7 Å². The number of ketones is 2. The maximum absolute atomic E-state index is 13.8. The number of fused-ring (bicyclic) bond motifs is 3. The van der Waals surface area contributed by atoms with Gasteiger partial charge >= 0.3 is 6.03 Å². The van der Waals surface area contributed by atoms with E-state index in [4.69, 9.17) is 5.73 Å². The van der Waals surface area contributed by atoms with Gasteiger partial charge in [-0.2, -0.15) is 0 Å². The summed E-state index contributed by atoms with van der Waals surface area (Å²) < 4.78 is 0. The van der Waals surface area contributed by atoms with Crippen LogP contribution in [-0.4, -0.2) is 62.5 Å². The fourth-order valence-corrected chi connectivity index (χ4v) is 6.13. The molecule has 13 heteroatoms. The van der Waals surface area contributed by atoms with Crippen LogP contribution in [0.3, 0.4) is 0 Å². The molecule has 0 aliphatic heterocycles. The Morgan fingerprint density at radius 2 is 1.83 bits per heavy atom. The van der Waals surface area contributed by atoms with E-state index in [0.717, 1.165) is 0 Å². The number of amides is 4. The molecule has 0 radical (unpaired) electrons. The predicted octanol–water partition coefficient (Wildman–Crippen LogP) is 1.55. The van der Waals surface area contributed by atoms with E-state index in [9.17, 15) is 44.4 Å². The minimum atomic E-state index is -2.68. The monoisotopic (exact) mass is 564 g/mol. The van der Waals surface area contributed by atoms with Crippen molar-refractivity contribution < 1.29 is 44.4 Å². The van der Waals surface area contributed by atoms with E-state index in [1.54, 1.807) is 19.2 Å². The number of imide groups is 1. The van der Waals surface area contributed by atoms with E-state index >= 15 is 0 Å². The number of primary amides is 1. The molecule has 0 bridgehead atoms. The van der Waals surface area contributed by atoms with Crippen LogP contribution in [-0.2, 0) is 20.8 Å².